The number of ketones is 1. The summed E-state index contributed by atoms with van der Waals surface area (Å²) >= 11 is 1.40. The van der Waals surface area contributed by atoms with Crippen molar-refractivity contribution in [2.45, 2.75) is 44.0 Å². The number of imidazole rings is 1. The van der Waals surface area contributed by atoms with Crippen molar-refractivity contribution in [1.29, 1.82) is 0 Å². The number of nitrogens with zero attached hydrogens (tertiary/aromatic N) is 1. The van der Waals surface area contributed by atoms with Crippen molar-refractivity contribution in [1.82, 2.24) is 9.97 Å². The molecule has 0 radical (unpaired) electrons. The molecule has 1 aromatic heterocycles. The molecule has 0 saturated carbocycles. The third-order valence-electron chi connectivity index (χ3n) is 4.75. The maximum Gasteiger partial charge on any atom is 0.237 e. The van der Waals surface area contributed by atoms with E-state index in [9.17, 15) is 14.7 Å². The maximum atomic E-state index is 12.7. The molecule has 1 amide bonds. The van der Waals surface area contributed by atoms with Crippen LogP contribution in [0.4, 0.5) is 5.69 Å². The quantitative estimate of drug-likeness (QED) is 0.360. The van der Waals surface area contributed by atoms with Gasteiger partial charge in [0, 0.05) is 23.4 Å². The number of hydrogen-bond donors (Lipinski definition) is 3. The average Bonchev–Trinajstić information content (AvgIpc) is 3.07. The molecule has 6 nitrogen and oxygen atoms in total. The highest BCUT2D eigenvalue weighted by atomic mass is 32.2. The molecule has 0 saturated heterocycles. The Labute approximate surface area is 180 Å². The minimum absolute atomic E-state index is 0.00818. The van der Waals surface area contributed by atoms with E-state index in [1.807, 2.05) is 26.0 Å². The molecule has 3 aromatic rings. The van der Waals surface area contributed by atoms with E-state index in [2.05, 4.69) is 15.3 Å². The number of aromatic amines is 1. The highest BCUT2D eigenvalue weighted by molar-refractivity contribution is 8.00. The lowest BCUT2D eigenvalue weighted by Crippen LogP contribution is -2.24. The van der Waals surface area contributed by atoms with Crippen molar-refractivity contribution in [3.63, 3.8) is 0 Å². The fraction of sp³-hybridized carbons (Fsp3) is 0.261. The van der Waals surface area contributed by atoms with Crippen LogP contribution in [0, 0.1) is 6.92 Å². The number of amides is 1. The van der Waals surface area contributed by atoms with Gasteiger partial charge in [-0.3, -0.25) is 9.59 Å². The number of aromatic hydroxyl groups is 1. The molecule has 0 aliphatic carbocycles. The number of thioether (sulfide) groups is 1. The summed E-state index contributed by atoms with van der Waals surface area (Å²) in [5, 5.41) is 12.7. The van der Waals surface area contributed by atoms with Gasteiger partial charge in [-0.2, -0.15) is 0 Å². The molecule has 2 aromatic carbocycles. The number of nitrogens with one attached hydrogen (secondary N) is 2. The van der Waals surface area contributed by atoms with E-state index in [1.54, 1.807) is 36.4 Å². The molecule has 3 rings (SSSR count). The van der Waals surface area contributed by atoms with E-state index >= 15 is 0 Å². The Hall–Kier alpha value is -3.06. The minimum atomic E-state index is -0.301. The SMILES string of the molecule is CC[C@@H](Sc1nc(Cc2ccc(O)cc2)c(C)[nH]1)C(=O)Nc1ccc(C(C)=O)cc1. The summed E-state index contributed by atoms with van der Waals surface area (Å²) in [4.78, 5) is 32.0. The van der Waals surface area contributed by atoms with Crippen molar-refractivity contribution in [3.8, 4) is 5.75 Å². The van der Waals surface area contributed by atoms with Crippen LogP contribution in [0.15, 0.2) is 53.7 Å². The molecular weight excluding hydrogens is 398 g/mol. The molecular formula is C23H25N3O3S. The van der Waals surface area contributed by atoms with Gasteiger partial charge in [0.25, 0.3) is 0 Å². The van der Waals surface area contributed by atoms with Gasteiger partial charge < -0.3 is 15.4 Å². The monoisotopic (exact) mass is 423 g/mol. The molecule has 0 unspecified atom stereocenters. The number of hydrogen-bond acceptors (Lipinski definition) is 5. The molecule has 3 N–H and O–H groups in total. The van der Waals surface area contributed by atoms with Gasteiger partial charge in [0.05, 0.1) is 10.9 Å². The highest BCUT2D eigenvalue weighted by Gasteiger charge is 2.20. The van der Waals surface area contributed by atoms with Crippen molar-refractivity contribution in [3.05, 3.63) is 71.0 Å². The predicted molar refractivity (Wildman–Crippen MR) is 119 cm³/mol. The van der Waals surface area contributed by atoms with Crippen LogP contribution in [0.5, 0.6) is 5.75 Å². The Morgan fingerprint density at radius 1 is 1.13 bits per heavy atom. The Balaban J connectivity index is 1.65. The zero-order valence-electron chi connectivity index (χ0n) is 17.2. The molecule has 156 valence electrons. The van der Waals surface area contributed by atoms with Crippen molar-refractivity contribution < 1.29 is 14.7 Å². The maximum absolute atomic E-state index is 12.7. The van der Waals surface area contributed by atoms with E-state index in [-0.39, 0.29) is 22.7 Å². The van der Waals surface area contributed by atoms with Crippen LogP contribution in [0.3, 0.4) is 0 Å². The number of benzene rings is 2. The second kappa shape index (κ2) is 9.63. The molecule has 0 aliphatic rings. The van der Waals surface area contributed by atoms with E-state index in [1.165, 1.54) is 18.7 Å². The lowest BCUT2D eigenvalue weighted by Gasteiger charge is -2.13. The van der Waals surface area contributed by atoms with Gasteiger partial charge in [-0.25, -0.2) is 4.98 Å². The number of phenols is 1. The standard InChI is InChI=1S/C23H25N3O3S/c1-4-21(22(29)25-18-9-7-17(8-10-18)15(3)27)30-23-24-14(2)20(26-23)13-16-5-11-19(28)12-6-16/h5-12,21,28H,4,13H2,1-3H3,(H,24,26)(H,25,29)/t21-/m1/s1. The Morgan fingerprint density at radius 3 is 2.40 bits per heavy atom. The molecule has 0 aliphatic heterocycles. The minimum Gasteiger partial charge on any atom is -0.508 e. The van der Waals surface area contributed by atoms with Gasteiger partial charge in [0.2, 0.25) is 5.91 Å². The second-order valence-corrected chi connectivity index (χ2v) is 8.29. The molecule has 1 atom stereocenters. The van der Waals surface area contributed by atoms with Gasteiger partial charge in [-0.15, -0.1) is 0 Å². The third kappa shape index (κ3) is 5.51. The first-order valence-electron chi connectivity index (χ1n) is 9.77. The van der Waals surface area contributed by atoms with Gasteiger partial charge in [0.1, 0.15) is 5.75 Å². The van der Waals surface area contributed by atoms with E-state index in [0.29, 0.717) is 29.2 Å². The largest absolute Gasteiger partial charge is 0.508 e. The predicted octanol–water partition coefficient (Wildman–Crippen LogP) is 4.73. The van der Waals surface area contributed by atoms with Crippen LogP contribution < -0.4 is 5.32 Å². The van der Waals surface area contributed by atoms with E-state index < -0.39 is 0 Å². The summed E-state index contributed by atoms with van der Waals surface area (Å²) in [6.07, 6.45) is 1.30. The fourth-order valence-electron chi connectivity index (χ4n) is 2.97. The third-order valence-corrected chi connectivity index (χ3v) is 6.00. The number of aromatic nitrogens is 2. The molecule has 30 heavy (non-hydrogen) atoms. The Kier molecular flexibility index (Phi) is 6.95. The summed E-state index contributed by atoms with van der Waals surface area (Å²) < 4.78 is 0. The zero-order chi connectivity index (χ0) is 21.7. The van der Waals surface area contributed by atoms with Gasteiger partial charge in [0.15, 0.2) is 10.9 Å². The summed E-state index contributed by atoms with van der Waals surface area (Å²) in [6, 6.07) is 13.9. The normalized spacial score (nSPS) is 11.8. The molecule has 1 heterocycles. The number of aryl methyl sites for hydroxylation is 1. The van der Waals surface area contributed by atoms with Crippen LogP contribution in [0.1, 0.15) is 47.6 Å². The first-order chi connectivity index (χ1) is 14.4. The number of rotatable bonds is 8. The van der Waals surface area contributed by atoms with Crippen LogP contribution in [-0.4, -0.2) is 32.0 Å². The molecule has 0 fully saturated rings. The zero-order valence-corrected chi connectivity index (χ0v) is 18.0. The molecule has 7 heteroatoms. The van der Waals surface area contributed by atoms with Crippen molar-refractivity contribution in [2.24, 2.45) is 0 Å². The first-order valence-corrected chi connectivity index (χ1v) is 10.7. The second-order valence-electron chi connectivity index (χ2n) is 7.09. The van der Waals surface area contributed by atoms with E-state index in [0.717, 1.165) is 17.0 Å². The number of carbonyl (C=O) groups excluding carboxylic acids is 2. The van der Waals surface area contributed by atoms with Gasteiger partial charge in [-0.1, -0.05) is 30.8 Å². The van der Waals surface area contributed by atoms with Crippen LogP contribution in [0.25, 0.3) is 0 Å². The summed E-state index contributed by atoms with van der Waals surface area (Å²) in [5.74, 6) is 0.125. The highest BCUT2D eigenvalue weighted by Crippen LogP contribution is 2.26. The number of anilines is 1. The van der Waals surface area contributed by atoms with Crippen LogP contribution in [0.2, 0.25) is 0 Å². The van der Waals surface area contributed by atoms with E-state index in [4.69, 9.17) is 0 Å². The average molecular weight is 424 g/mol. The topological polar surface area (TPSA) is 95.1 Å². The lowest BCUT2D eigenvalue weighted by atomic mass is 10.1. The summed E-state index contributed by atoms with van der Waals surface area (Å²) in [5.41, 5.74) is 4.20. The number of carbonyl (C=O) groups is 2. The van der Waals surface area contributed by atoms with Crippen molar-refractivity contribution in [2.75, 3.05) is 5.32 Å². The number of phenolic OH excluding ortho intramolecular Hbond substituents is 1. The van der Waals surface area contributed by atoms with Crippen molar-refractivity contribution >= 4 is 29.1 Å². The Morgan fingerprint density at radius 2 is 1.80 bits per heavy atom. The fourth-order valence-corrected chi connectivity index (χ4v) is 3.95. The van der Waals surface area contributed by atoms with Crippen LogP contribution in [-0.2, 0) is 11.2 Å². The van der Waals surface area contributed by atoms with Gasteiger partial charge >= 0.3 is 0 Å². The van der Waals surface area contributed by atoms with Gasteiger partial charge in [-0.05, 0) is 62.2 Å². The lowest BCUT2D eigenvalue weighted by molar-refractivity contribution is -0.115. The molecule has 0 spiro atoms. The smallest absolute Gasteiger partial charge is 0.237 e. The first kappa shape index (κ1) is 21.6. The number of Topliss-reactive ketones (excluding diaryl/α,β-unsaturated/α-hetero) is 1. The van der Waals surface area contributed by atoms with Crippen LogP contribution >= 0.6 is 11.8 Å². The Bertz CT molecular complexity index is 1030. The molecule has 0 bridgehead atoms. The number of H-pyrrole nitrogens is 1. The summed E-state index contributed by atoms with van der Waals surface area (Å²) in [7, 11) is 0. The summed E-state index contributed by atoms with van der Waals surface area (Å²) in [6.45, 7) is 5.44.